The Morgan fingerprint density at radius 1 is 1.35 bits per heavy atom. The first-order valence-electron chi connectivity index (χ1n) is 7.15. The summed E-state index contributed by atoms with van der Waals surface area (Å²) in [4.78, 5) is 12.1. The fourth-order valence-electron chi connectivity index (χ4n) is 3.55. The number of carbonyl (C=O) groups is 1. The molecular formula is C14H26N2O. The van der Waals surface area contributed by atoms with Crippen molar-refractivity contribution in [1.29, 1.82) is 0 Å². The zero-order chi connectivity index (χ0) is 12.3. The van der Waals surface area contributed by atoms with Gasteiger partial charge in [0.15, 0.2) is 0 Å². The van der Waals surface area contributed by atoms with Crippen molar-refractivity contribution < 1.29 is 4.79 Å². The van der Waals surface area contributed by atoms with E-state index in [9.17, 15) is 4.79 Å². The van der Waals surface area contributed by atoms with E-state index in [0.29, 0.717) is 18.9 Å². The first-order chi connectivity index (χ1) is 8.13. The zero-order valence-electron chi connectivity index (χ0n) is 11.0. The van der Waals surface area contributed by atoms with E-state index in [1.54, 1.807) is 0 Å². The van der Waals surface area contributed by atoms with Gasteiger partial charge in [0.05, 0.1) is 5.54 Å². The van der Waals surface area contributed by atoms with Gasteiger partial charge in [-0.25, -0.2) is 0 Å². The first-order valence-corrected chi connectivity index (χ1v) is 7.15. The van der Waals surface area contributed by atoms with Gasteiger partial charge in [0.25, 0.3) is 0 Å². The van der Waals surface area contributed by atoms with Crippen molar-refractivity contribution in [2.24, 2.45) is 17.6 Å². The van der Waals surface area contributed by atoms with Crippen LogP contribution in [0.3, 0.4) is 0 Å². The van der Waals surface area contributed by atoms with E-state index in [0.717, 1.165) is 18.8 Å². The fraction of sp³-hybridized carbons (Fsp3) is 0.929. The van der Waals surface area contributed by atoms with Gasteiger partial charge in [-0.2, -0.15) is 0 Å². The Labute approximate surface area is 105 Å². The van der Waals surface area contributed by atoms with Crippen molar-refractivity contribution in [2.75, 3.05) is 6.54 Å². The number of rotatable bonds is 4. The minimum absolute atomic E-state index is 0.0682. The Morgan fingerprint density at radius 3 is 2.59 bits per heavy atom. The maximum atomic E-state index is 12.1. The quantitative estimate of drug-likeness (QED) is 0.789. The molecule has 1 amide bonds. The van der Waals surface area contributed by atoms with Crippen LogP contribution in [0.15, 0.2) is 0 Å². The third-order valence-corrected chi connectivity index (χ3v) is 4.63. The Balaban J connectivity index is 1.80. The highest BCUT2D eigenvalue weighted by atomic mass is 16.1. The van der Waals surface area contributed by atoms with E-state index in [2.05, 4.69) is 12.2 Å². The molecule has 2 atom stereocenters. The van der Waals surface area contributed by atoms with Crippen LogP contribution < -0.4 is 11.1 Å². The normalized spacial score (nSPS) is 31.6. The predicted octanol–water partition coefficient (Wildman–Crippen LogP) is 2.20. The van der Waals surface area contributed by atoms with Crippen LogP contribution in [0.4, 0.5) is 0 Å². The summed E-state index contributed by atoms with van der Waals surface area (Å²) in [5, 5.41) is 3.22. The molecule has 2 unspecified atom stereocenters. The van der Waals surface area contributed by atoms with Crippen LogP contribution in [0.2, 0.25) is 0 Å². The lowest BCUT2D eigenvalue weighted by Crippen LogP contribution is -2.51. The molecule has 0 spiro atoms. The second-order valence-corrected chi connectivity index (χ2v) is 6.23. The largest absolute Gasteiger partial charge is 0.349 e. The molecule has 3 N–H and O–H groups in total. The molecule has 2 saturated carbocycles. The van der Waals surface area contributed by atoms with E-state index < -0.39 is 0 Å². The second-order valence-electron chi connectivity index (χ2n) is 6.23. The summed E-state index contributed by atoms with van der Waals surface area (Å²) in [6.45, 7) is 2.88. The summed E-state index contributed by atoms with van der Waals surface area (Å²) < 4.78 is 0. The third kappa shape index (κ3) is 3.21. The standard InChI is InChI=1S/C14H26N2O/c1-11-4-5-12(8-11)9-13(17)16-14(10-15)6-2-3-7-14/h11-12H,2-10,15H2,1H3,(H,16,17). The van der Waals surface area contributed by atoms with Crippen LogP contribution in [0.5, 0.6) is 0 Å². The molecule has 0 bridgehead atoms. The van der Waals surface area contributed by atoms with Crippen LogP contribution in [-0.4, -0.2) is 18.0 Å². The van der Waals surface area contributed by atoms with Gasteiger partial charge in [-0.15, -0.1) is 0 Å². The van der Waals surface area contributed by atoms with E-state index in [1.807, 2.05) is 0 Å². The van der Waals surface area contributed by atoms with Crippen molar-refractivity contribution in [1.82, 2.24) is 5.32 Å². The van der Waals surface area contributed by atoms with Crippen LogP contribution >= 0.6 is 0 Å². The predicted molar refractivity (Wildman–Crippen MR) is 69.5 cm³/mol. The smallest absolute Gasteiger partial charge is 0.220 e. The van der Waals surface area contributed by atoms with Gasteiger partial charge in [-0.1, -0.05) is 26.2 Å². The fourth-order valence-corrected chi connectivity index (χ4v) is 3.55. The summed E-state index contributed by atoms with van der Waals surface area (Å²) in [6.07, 6.45) is 9.00. The van der Waals surface area contributed by atoms with Crippen LogP contribution in [-0.2, 0) is 4.79 Å². The molecule has 2 fully saturated rings. The summed E-state index contributed by atoms with van der Waals surface area (Å²) in [7, 11) is 0. The van der Waals surface area contributed by atoms with Crippen molar-refractivity contribution in [3.63, 3.8) is 0 Å². The Hall–Kier alpha value is -0.570. The maximum absolute atomic E-state index is 12.1. The van der Waals surface area contributed by atoms with E-state index in [-0.39, 0.29) is 11.4 Å². The number of amides is 1. The molecule has 0 radical (unpaired) electrons. The number of carbonyl (C=O) groups excluding carboxylic acids is 1. The lowest BCUT2D eigenvalue weighted by Gasteiger charge is -2.29. The van der Waals surface area contributed by atoms with Gasteiger partial charge in [0.2, 0.25) is 5.91 Å². The average Bonchev–Trinajstić information content (AvgIpc) is 2.89. The highest BCUT2D eigenvalue weighted by Crippen LogP contribution is 2.33. The molecule has 0 aromatic carbocycles. The van der Waals surface area contributed by atoms with Crippen molar-refractivity contribution in [2.45, 2.75) is 63.8 Å². The number of hydrogen-bond acceptors (Lipinski definition) is 2. The third-order valence-electron chi connectivity index (χ3n) is 4.63. The second kappa shape index (κ2) is 5.38. The molecule has 2 aliphatic rings. The molecule has 17 heavy (non-hydrogen) atoms. The topological polar surface area (TPSA) is 55.1 Å². The van der Waals surface area contributed by atoms with Gasteiger partial charge in [-0.05, 0) is 37.5 Å². The molecule has 0 aliphatic heterocycles. The molecule has 3 nitrogen and oxygen atoms in total. The molecular weight excluding hydrogens is 212 g/mol. The summed E-state index contributed by atoms with van der Waals surface area (Å²) in [5.41, 5.74) is 5.76. The van der Waals surface area contributed by atoms with E-state index in [4.69, 9.17) is 5.73 Å². The Bertz CT molecular complexity index is 271. The highest BCUT2D eigenvalue weighted by Gasteiger charge is 2.34. The Morgan fingerprint density at radius 2 is 2.06 bits per heavy atom. The first kappa shape index (κ1) is 12.9. The van der Waals surface area contributed by atoms with Gasteiger partial charge in [0, 0.05) is 13.0 Å². The molecule has 2 aliphatic carbocycles. The highest BCUT2D eigenvalue weighted by molar-refractivity contribution is 5.77. The molecule has 3 heteroatoms. The SMILES string of the molecule is CC1CCC(CC(=O)NC2(CN)CCCC2)C1. The monoisotopic (exact) mass is 238 g/mol. The molecule has 0 aromatic rings. The van der Waals surface area contributed by atoms with E-state index >= 15 is 0 Å². The van der Waals surface area contributed by atoms with Gasteiger partial charge >= 0.3 is 0 Å². The van der Waals surface area contributed by atoms with Crippen molar-refractivity contribution >= 4 is 5.91 Å². The summed E-state index contributed by atoms with van der Waals surface area (Å²) >= 11 is 0. The molecule has 0 aromatic heterocycles. The molecule has 2 rings (SSSR count). The number of hydrogen-bond donors (Lipinski definition) is 2. The van der Waals surface area contributed by atoms with Crippen LogP contribution in [0, 0.1) is 11.8 Å². The van der Waals surface area contributed by atoms with Crippen LogP contribution in [0.25, 0.3) is 0 Å². The number of nitrogens with two attached hydrogens (primary N) is 1. The average molecular weight is 238 g/mol. The lowest BCUT2D eigenvalue weighted by molar-refractivity contribution is -0.123. The van der Waals surface area contributed by atoms with Crippen LogP contribution in [0.1, 0.15) is 58.3 Å². The van der Waals surface area contributed by atoms with Gasteiger partial charge in [-0.3, -0.25) is 4.79 Å². The lowest BCUT2D eigenvalue weighted by atomic mass is 9.96. The molecule has 98 valence electrons. The van der Waals surface area contributed by atoms with E-state index in [1.165, 1.54) is 32.1 Å². The minimum atomic E-state index is -0.0682. The molecule has 0 heterocycles. The molecule has 0 saturated heterocycles. The van der Waals surface area contributed by atoms with Crippen molar-refractivity contribution in [3.8, 4) is 0 Å². The Kier molecular flexibility index (Phi) is 4.08. The summed E-state index contributed by atoms with van der Waals surface area (Å²) in [6, 6.07) is 0. The van der Waals surface area contributed by atoms with Gasteiger partial charge < -0.3 is 11.1 Å². The van der Waals surface area contributed by atoms with Crippen molar-refractivity contribution in [3.05, 3.63) is 0 Å². The number of nitrogens with one attached hydrogen (secondary N) is 1. The maximum Gasteiger partial charge on any atom is 0.220 e. The zero-order valence-corrected chi connectivity index (χ0v) is 11.0. The minimum Gasteiger partial charge on any atom is -0.349 e. The summed E-state index contributed by atoms with van der Waals surface area (Å²) in [5.74, 6) is 1.65. The van der Waals surface area contributed by atoms with Gasteiger partial charge in [0.1, 0.15) is 0 Å².